The smallest absolute Gasteiger partial charge is 0.343 e. The average molecular weight is 1050 g/mol. The molecule has 22 nitrogen and oxygen atoms in total. The molecule has 76 heavy (non-hydrogen) atoms. The van der Waals surface area contributed by atoms with Crippen LogP contribution in [0.3, 0.4) is 0 Å². The molecule has 0 saturated carbocycles. The third kappa shape index (κ3) is 11.7. The van der Waals surface area contributed by atoms with Gasteiger partial charge in [-0.15, -0.1) is 0 Å². The largest absolute Gasteiger partial charge is 0.458 e. The molecule has 8 rings (SSSR count). The Balaban J connectivity index is 0.800. The summed E-state index contributed by atoms with van der Waals surface area (Å²) in [6, 6.07) is 9.81. The number of hydrogen-bond acceptors (Lipinski definition) is 14. The number of pyridine rings is 2. The summed E-state index contributed by atoms with van der Waals surface area (Å²) in [7, 11) is 5.62. The van der Waals surface area contributed by atoms with E-state index in [1.54, 1.807) is 50.2 Å². The number of carbonyl (C=O) groups is 9. The number of ether oxygens (including phenoxy) is 2. The third-order valence-electron chi connectivity index (χ3n) is 14.1. The highest BCUT2D eigenvalue weighted by atomic mass is 19.1. The Morgan fingerprint density at radius 1 is 0.908 bits per heavy atom. The first-order chi connectivity index (χ1) is 36.4. The minimum Gasteiger partial charge on any atom is -0.458 e. The number of likely N-dealkylation sites (tertiary alicyclic amines) is 1. The summed E-state index contributed by atoms with van der Waals surface area (Å²) >= 11 is 0. The summed E-state index contributed by atoms with van der Waals surface area (Å²) in [6.45, 7) is 0.830. The number of amides is 8. The number of hydrogen-bond donors (Lipinski definition) is 7. The molecule has 4 aromatic rings. The van der Waals surface area contributed by atoms with Gasteiger partial charge in [0.2, 0.25) is 47.3 Å². The van der Waals surface area contributed by atoms with Gasteiger partial charge in [-0.1, -0.05) is 43.7 Å². The zero-order valence-electron chi connectivity index (χ0n) is 41.9. The number of halogens is 1. The lowest BCUT2D eigenvalue weighted by Crippen LogP contribution is -2.52. The highest BCUT2D eigenvalue weighted by Gasteiger charge is 2.46. The van der Waals surface area contributed by atoms with Crippen LogP contribution >= 0.6 is 0 Å². The van der Waals surface area contributed by atoms with E-state index in [1.165, 1.54) is 10.6 Å². The Kier molecular flexibility index (Phi) is 16.7. The highest BCUT2D eigenvalue weighted by molar-refractivity contribution is 6.29. The van der Waals surface area contributed by atoms with Gasteiger partial charge < -0.3 is 51.0 Å². The second kappa shape index (κ2) is 23.4. The molecule has 24 heteroatoms. The Morgan fingerprint density at radius 2 is 1.63 bits per heavy atom. The van der Waals surface area contributed by atoms with E-state index < -0.39 is 115 Å². The fourth-order valence-electron chi connectivity index (χ4n) is 10.1. The third-order valence-corrected chi connectivity index (χ3v) is 14.1. The second-order valence-corrected chi connectivity index (χ2v) is 19.1. The summed E-state index contributed by atoms with van der Waals surface area (Å²) in [6.07, 6.45) is 2.32. The number of rotatable bonds is 22. The monoisotopic (exact) mass is 1050 g/mol. The topological polar surface area (TPSA) is 303 Å². The van der Waals surface area contributed by atoms with E-state index in [0.29, 0.717) is 76.6 Å². The summed E-state index contributed by atoms with van der Waals surface area (Å²) < 4.78 is 27.5. The molecule has 398 valence electrons. The van der Waals surface area contributed by atoms with Crippen LogP contribution in [0.25, 0.3) is 22.3 Å². The number of cyclic esters (lactones) is 1. The van der Waals surface area contributed by atoms with Gasteiger partial charge in [0.15, 0.2) is 5.60 Å². The van der Waals surface area contributed by atoms with Crippen LogP contribution in [-0.2, 0) is 84.2 Å². The van der Waals surface area contributed by atoms with Crippen molar-refractivity contribution in [3.05, 3.63) is 97.6 Å². The van der Waals surface area contributed by atoms with E-state index in [9.17, 15) is 53.1 Å². The van der Waals surface area contributed by atoms with Crippen molar-refractivity contribution in [1.82, 2.24) is 46.4 Å². The molecular formula is C52H57BFN9O13. The number of nitrogens with zero attached hydrogens (tertiary/aromatic N) is 3. The summed E-state index contributed by atoms with van der Waals surface area (Å²) in [4.78, 5) is 134. The Labute approximate surface area is 436 Å². The van der Waals surface area contributed by atoms with Crippen molar-refractivity contribution < 1.29 is 62.1 Å². The average Bonchev–Trinajstić information content (AvgIpc) is 3.97. The van der Waals surface area contributed by atoms with Crippen LogP contribution in [0, 0.1) is 12.7 Å². The number of aryl methyl sites for hydroxylation is 1. The van der Waals surface area contributed by atoms with Gasteiger partial charge in [-0.25, -0.2) is 14.2 Å². The normalized spacial score (nSPS) is 18.5. The lowest BCUT2D eigenvalue weighted by molar-refractivity contribution is -0.172. The van der Waals surface area contributed by atoms with Gasteiger partial charge >= 0.3 is 5.97 Å². The minimum atomic E-state index is -2.05. The molecule has 4 atom stereocenters. The van der Waals surface area contributed by atoms with Gasteiger partial charge in [0.25, 0.3) is 5.56 Å². The molecule has 8 amide bonds. The molecule has 5 heterocycles. The highest BCUT2D eigenvalue weighted by Crippen LogP contribution is 2.46. The van der Waals surface area contributed by atoms with Crippen molar-refractivity contribution in [3.8, 4) is 11.4 Å². The molecule has 4 aliphatic rings. The molecular weight excluding hydrogens is 988 g/mol. The van der Waals surface area contributed by atoms with E-state index in [2.05, 4.69) is 31.9 Å². The van der Waals surface area contributed by atoms with Crippen LogP contribution in [0.2, 0.25) is 5.82 Å². The fourth-order valence-corrected chi connectivity index (χ4v) is 10.1. The van der Waals surface area contributed by atoms with E-state index >= 15 is 4.39 Å². The maximum atomic E-state index is 15.4. The maximum Gasteiger partial charge on any atom is 0.343 e. The predicted octanol–water partition coefficient (Wildman–Crippen LogP) is 0.0733. The number of fused-ring (bicyclic) bond motifs is 5. The molecule has 2 aromatic carbocycles. The van der Waals surface area contributed by atoms with Gasteiger partial charge in [0.1, 0.15) is 31.8 Å². The van der Waals surface area contributed by atoms with Gasteiger partial charge in [-0.3, -0.25) is 48.1 Å². The first-order valence-corrected chi connectivity index (χ1v) is 25.1. The molecule has 2 aromatic heterocycles. The Morgan fingerprint density at radius 3 is 2.37 bits per heavy atom. The molecule has 2 radical (unpaired) electrons. The van der Waals surface area contributed by atoms with Crippen LogP contribution in [0.1, 0.15) is 96.9 Å². The number of benzene rings is 2. The van der Waals surface area contributed by atoms with Crippen LogP contribution < -0.4 is 37.5 Å². The van der Waals surface area contributed by atoms with E-state index in [4.69, 9.17) is 22.3 Å². The standard InChI is InChI=1S/C52H57BFN9O13/c1-3-52(74)32-17-38-47-30(23-63(38)49(71)31(32)24-76-51(52)73)46-35(14-13-29-27(2)34(54)19-36(61-47)45(29)46)59-43(68)25-75-26-58-41(66)21-57-48(70)37(16-28-10-6-4-7-11-28)60-42(67)22-56-40(65)20-55-39(64)12-8-5-9-15-62-44(69)18-33(53)50(62)72/h4,6-7,10-11,17,19,33,35,37,74H,3,5,8-9,12-16,18,20-26H2,1-2H3,(H,55,64)(H,56,65)(H,57,70)(H,58,66)(H,59,68)(H,60,67)/t33?,35-,37-,52-/m0/s1. The zero-order valence-corrected chi connectivity index (χ0v) is 41.9. The summed E-state index contributed by atoms with van der Waals surface area (Å²) in [5.41, 5.74) is 1.82. The van der Waals surface area contributed by atoms with E-state index in [-0.39, 0.29) is 62.4 Å². The van der Waals surface area contributed by atoms with Crippen LogP contribution in [0.15, 0.2) is 47.3 Å². The molecule has 1 aliphatic carbocycles. The molecule has 1 fully saturated rings. The van der Waals surface area contributed by atoms with Crippen molar-refractivity contribution in [2.24, 2.45) is 0 Å². The number of imide groups is 1. The van der Waals surface area contributed by atoms with Crippen LogP contribution in [0.4, 0.5) is 4.39 Å². The van der Waals surface area contributed by atoms with Crippen LogP contribution in [-0.4, -0.2) is 126 Å². The fraction of sp³-hybridized carbons (Fsp3) is 0.442. The van der Waals surface area contributed by atoms with E-state index in [1.807, 2.05) is 0 Å². The van der Waals surface area contributed by atoms with Crippen LogP contribution in [0.5, 0.6) is 0 Å². The van der Waals surface area contributed by atoms with E-state index in [0.717, 1.165) is 10.5 Å². The Bertz CT molecular complexity index is 3100. The maximum absolute atomic E-state index is 15.4. The number of aromatic nitrogens is 2. The number of unbranched alkanes of at least 4 members (excludes halogenated alkanes) is 2. The molecule has 1 saturated heterocycles. The number of nitrogens with one attached hydrogen (secondary N) is 6. The number of carbonyl (C=O) groups excluding carboxylic acids is 9. The molecule has 0 bridgehead atoms. The summed E-state index contributed by atoms with van der Waals surface area (Å²) in [5.74, 6) is -6.62. The van der Waals surface area contributed by atoms with Crippen molar-refractivity contribution in [2.45, 2.75) is 108 Å². The molecule has 7 N–H and O–H groups in total. The SMILES string of the molecule is [B]C1CC(=O)N(CCCCCC(=O)NCC(=O)NCC(=O)N[C@@H](Cc2ccccc2)C(=O)NCC(=O)NCOCC(=O)N[C@H]2CCc3c(C)c(F)cc4nc5c(c2c34)Cn2c-5cc3c(c2=O)COC(=O)[C@]3(O)CC)C1=O. The number of aliphatic hydroxyl groups is 1. The zero-order chi connectivity index (χ0) is 54.4. The second-order valence-electron chi connectivity index (χ2n) is 19.1. The lowest BCUT2D eigenvalue weighted by Gasteiger charge is -2.31. The summed E-state index contributed by atoms with van der Waals surface area (Å²) in [5, 5.41) is 27.4. The minimum absolute atomic E-state index is 0.0150. The first-order valence-electron chi connectivity index (χ1n) is 25.1. The predicted molar refractivity (Wildman–Crippen MR) is 268 cm³/mol. The van der Waals surface area contributed by atoms with Crippen molar-refractivity contribution in [1.29, 1.82) is 0 Å². The van der Waals surface area contributed by atoms with Gasteiger partial charge in [-0.2, -0.15) is 0 Å². The van der Waals surface area contributed by atoms with Crippen molar-refractivity contribution in [3.63, 3.8) is 0 Å². The first kappa shape index (κ1) is 54.4. The lowest BCUT2D eigenvalue weighted by atomic mass is 9.81. The van der Waals surface area contributed by atoms with Crippen molar-refractivity contribution in [2.75, 3.05) is 39.5 Å². The molecule has 1 unspecified atom stereocenters. The molecule has 3 aliphatic heterocycles. The Hall–Kier alpha value is -7.86. The molecule has 0 spiro atoms. The van der Waals surface area contributed by atoms with Gasteiger partial charge in [0.05, 0.1) is 62.5 Å². The quantitative estimate of drug-likeness (QED) is 0.0159. The van der Waals surface area contributed by atoms with Crippen molar-refractivity contribution >= 4 is 72.0 Å². The van der Waals surface area contributed by atoms with Gasteiger partial charge in [-0.05, 0) is 67.3 Å². The van der Waals surface area contributed by atoms with Gasteiger partial charge in [0, 0.05) is 54.2 Å². The number of esters is 1.